The van der Waals surface area contributed by atoms with E-state index in [2.05, 4.69) is 14.5 Å². The van der Waals surface area contributed by atoms with Crippen LogP contribution in [0.4, 0.5) is 8.78 Å². The highest BCUT2D eigenvalue weighted by Gasteiger charge is 2.44. The lowest BCUT2D eigenvalue weighted by Crippen LogP contribution is -2.39. The number of rotatable bonds is 4. The molecule has 186 valence electrons. The molecule has 2 aliphatic heterocycles. The van der Waals surface area contributed by atoms with Crippen LogP contribution >= 0.6 is 11.6 Å². The molecule has 8 nitrogen and oxygen atoms in total. The van der Waals surface area contributed by atoms with Crippen LogP contribution in [-0.4, -0.2) is 46.6 Å². The summed E-state index contributed by atoms with van der Waals surface area (Å²) in [5.74, 6) is 0.160. The normalized spacial score (nSPS) is 18.1. The lowest BCUT2D eigenvalue weighted by molar-refractivity contribution is -0.286. The first-order valence-electron chi connectivity index (χ1n) is 11.2. The SMILES string of the molecule is O=S(=O)(c1ccc2c(c1)OC(F)(F)O2)N1CCC(n2c(-c3ccccc3Cl)nc3cccnc32)CC1. The predicted octanol–water partition coefficient (Wildman–Crippen LogP) is 5.10. The number of halogens is 3. The molecular weight excluding hydrogens is 514 g/mol. The first kappa shape index (κ1) is 23.1. The van der Waals surface area contributed by atoms with Gasteiger partial charge in [0.1, 0.15) is 11.3 Å². The van der Waals surface area contributed by atoms with Crippen LogP contribution in [0.15, 0.2) is 65.7 Å². The van der Waals surface area contributed by atoms with Crippen LogP contribution in [0.2, 0.25) is 5.02 Å². The highest BCUT2D eigenvalue weighted by Crippen LogP contribution is 2.43. The molecule has 36 heavy (non-hydrogen) atoms. The lowest BCUT2D eigenvalue weighted by atomic mass is 10.1. The first-order valence-corrected chi connectivity index (χ1v) is 13.0. The lowest BCUT2D eigenvalue weighted by Gasteiger charge is -2.32. The molecule has 1 saturated heterocycles. The molecular formula is C24H19ClF2N4O4S. The Hall–Kier alpha value is -3.28. The van der Waals surface area contributed by atoms with Crippen LogP contribution in [0.25, 0.3) is 22.6 Å². The van der Waals surface area contributed by atoms with E-state index < -0.39 is 16.3 Å². The van der Waals surface area contributed by atoms with E-state index in [4.69, 9.17) is 16.6 Å². The number of fused-ring (bicyclic) bond motifs is 2. The quantitative estimate of drug-likeness (QED) is 0.363. The van der Waals surface area contributed by atoms with Crippen LogP contribution < -0.4 is 9.47 Å². The van der Waals surface area contributed by atoms with E-state index in [9.17, 15) is 17.2 Å². The zero-order chi connectivity index (χ0) is 25.1. The van der Waals surface area contributed by atoms with Gasteiger partial charge in [0.2, 0.25) is 10.0 Å². The Bertz CT molecular complexity index is 1590. The number of alkyl halides is 2. The molecule has 0 saturated carbocycles. The third kappa shape index (κ3) is 3.87. The number of imidazole rings is 1. The third-order valence-electron chi connectivity index (χ3n) is 6.36. The molecule has 1 fully saturated rings. The van der Waals surface area contributed by atoms with Crippen molar-refractivity contribution in [3.05, 3.63) is 65.8 Å². The summed E-state index contributed by atoms with van der Waals surface area (Å²) in [4.78, 5) is 9.18. The molecule has 0 spiro atoms. The number of hydrogen-bond acceptors (Lipinski definition) is 6. The maximum absolute atomic E-state index is 13.4. The molecule has 0 amide bonds. The van der Waals surface area contributed by atoms with E-state index in [1.807, 2.05) is 34.9 Å². The van der Waals surface area contributed by atoms with E-state index in [-0.39, 0.29) is 35.5 Å². The number of pyridine rings is 1. The van der Waals surface area contributed by atoms with Crippen molar-refractivity contribution in [3.8, 4) is 22.9 Å². The van der Waals surface area contributed by atoms with Gasteiger partial charge in [-0.2, -0.15) is 4.31 Å². The minimum absolute atomic E-state index is 0.0712. The fourth-order valence-electron chi connectivity index (χ4n) is 4.69. The molecule has 0 aliphatic carbocycles. The minimum atomic E-state index is -3.93. The molecule has 12 heteroatoms. The summed E-state index contributed by atoms with van der Waals surface area (Å²) in [5, 5.41) is 0.558. The Balaban J connectivity index is 1.29. The van der Waals surface area contributed by atoms with Crippen LogP contribution in [0.3, 0.4) is 0 Å². The van der Waals surface area contributed by atoms with Crippen molar-refractivity contribution in [3.63, 3.8) is 0 Å². The Labute approximate surface area is 210 Å². The van der Waals surface area contributed by atoms with Gasteiger partial charge in [-0.1, -0.05) is 23.7 Å². The molecule has 0 unspecified atom stereocenters. The Morgan fingerprint density at radius 1 is 1.00 bits per heavy atom. The molecule has 0 radical (unpaired) electrons. The van der Waals surface area contributed by atoms with Gasteiger partial charge in [-0.05, 0) is 49.2 Å². The van der Waals surface area contributed by atoms with Crippen molar-refractivity contribution in [1.29, 1.82) is 0 Å². The standard InChI is InChI=1S/C24H19ClF2N4O4S/c25-18-5-2-1-4-17(18)22-29-19-6-3-11-28-23(19)31(22)15-9-12-30(13-10-15)36(32,33)16-7-8-20-21(14-16)35-24(26,27)34-20/h1-8,11,14-15H,9-10,12-13H2. The average Bonchev–Trinajstić information content (AvgIpc) is 3.39. The summed E-state index contributed by atoms with van der Waals surface area (Å²) >= 11 is 6.48. The van der Waals surface area contributed by atoms with Gasteiger partial charge in [0.05, 0.1) is 9.92 Å². The monoisotopic (exact) mass is 532 g/mol. The Morgan fingerprint density at radius 2 is 1.75 bits per heavy atom. The Morgan fingerprint density at radius 3 is 2.53 bits per heavy atom. The molecule has 0 bridgehead atoms. The molecule has 4 aromatic rings. The molecule has 2 aromatic carbocycles. The summed E-state index contributed by atoms with van der Waals surface area (Å²) in [6, 6.07) is 14.5. The van der Waals surface area contributed by atoms with Crippen molar-refractivity contribution in [2.24, 2.45) is 0 Å². The van der Waals surface area contributed by atoms with Gasteiger partial charge in [-0.3, -0.25) is 0 Å². The molecule has 2 aromatic heterocycles. The van der Waals surface area contributed by atoms with Crippen molar-refractivity contribution in [2.75, 3.05) is 13.1 Å². The maximum Gasteiger partial charge on any atom is 0.586 e. The van der Waals surface area contributed by atoms with Gasteiger partial charge in [0.25, 0.3) is 0 Å². The summed E-state index contributed by atoms with van der Waals surface area (Å²) in [7, 11) is -3.93. The number of ether oxygens (including phenoxy) is 2. The number of benzene rings is 2. The second-order valence-electron chi connectivity index (χ2n) is 8.54. The predicted molar refractivity (Wildman–Crippen MR) is 128 cm³/mol. The van der Waals surface area contributed by atoms with Gasteiger partial charge in [-0.25, -0.2) is 18.4 Å². The number of aromatic nitrogens is 3. The fraction of sp³-hybridized carbons (Fsp3) is 0.250. The average molecular weight is 533 g/mol. The summed E-state index contributed by atoms with van der Waals surface area (Å²) in [6.07, 6.45) is -1.12. The molecule has 6 rings (SSSR count). The van der Waals surface area contributed by atoms with Gasteiger partial charge < -0.3 is 14.0 Å². The minimum Gasteiger partial charge on any atom is -0.395 e. The smallest absolute Gasteiger partial charge is 0.395 e. The zero-order valence-corrected chi connectivity index (χ0v) is 20.2. The van der Waals surface area contributed by atoms with Crippen molar-refractivity contribution in [1.82, 2.24) is 18.8 Å². The maximum atomic E-state index is 13.4. The van der Waals surface area contributed by atoms with E-state index in [1.54, 1.807) is 12.3 Å². The second kappa shape index (κ2) is 8.39. The second-order valence-corrected chi connectivity index (χ2v) is 10.9. The number of hydrogen-bond donors (Lipinski definition) is 0. The van der Waals surface area contributed by atoms with E-state index in [0.29, 0.717) is 29.3 Å². The van der Waals surface area contributed by atoms with Crippen LogP contribution in [0, 0.1) is 0 Å². The Kier molecular flexibility index (Phi) is 5.39. The molecule has 0 atom stereocenters. The number of piperidine rings is 1. The molecule has 0 N–H and O–H groups in total. The topological polar surface area (TPSA) is 86.6 Å². The van der Waals surface area contributed by atoms with Gasteiger partial charge in [-0.15, -0.1) is 8.78 Å². The fourth-order valence-corrected chi connectivity index (χ4v) is 6.39. The van der Waals surface area contributed by atoms with Crippen LogP contribution in [0.1, 0.15) is 18.9 Å². The summed E-state index contributed by atoms with van der Waals surface area (Å²) < 4.78 is 65.5. The number of nitrogens with zero attached hydrogens (tertiary/aromatic N) is 4. The highest BCUT2D eigenvalue weighted by atomic mass is 35.5. The number of sulfonamides is 1. The van der Waals surface area contributed by atoms with Crippen LogP contribution in [0.5, 0.6) is 11.5 Å². The molecule has 2 aliphatic rings. The van der Waals surface area contributed by atoms with Crippen LogP contribution in [-0.2, 0) is 10.0 Å². The van der Waals surface area contributed by atoms with E-state index in [0.717, 1.165) is 17.1 Å². The molecule has 4 heterocycles. The first-order chi connectivity index (χ1) is 17.2. The largest absolute Gasteiger partial charge is 0.586 e. The van der Waals surface area contributed by atoms with Gasteiger partial charge in [0.15, 0.2) is 17.1 Å². The van der Waals surface area contributed by atoms with E-state index >= 15 is 0 Å². The summed E-state index contributed by atoms with van der Waals surface area (Å²) in [6.45, 7) is 0.456. The van der Waals surface area contributed by atoms with Crippen molar-refractivity contribution < 1.29 is 26.7 Å². The van der Waals surface area contributed by atoms with E-state index in [1.165, 1.54) is 16.4 Å². The zero-order valence-electron chi connectivity index (χ0n) is 18.6. The third-order valence-corrected chi connectivity index (χ3v) is 8.59. The highest BCUT2D eigenvalue weighted by molar-refractivity contribution is 7.89. The van der Waals surface area contributed by atoms with Gasteiger partial charge >= 0.3 is 6.29 Å². The van der Waals surface area contributed by atoms with Gasteiger partial charge in [0, 0.05) is 37.0 Å². The summed E-state index contributed by atoms with van der Waals surface area (Å²) in [5.41, 5.74) is 2.19. The van der Waals surface area contributed by atoms with Crippen molar-refractivity contribution in [2.45, 2.75) is 30.1 Å². The van der Waals surface area contributed by atoms with Crippen molar-refractivity contribution >= 4 is 32.8 Å².